The Kier molecular flexibility index (Phi) is 4.02. The van der Waals surface area contributed by atoms with Gasteiger partial charge >= 0.3 is 0 Å². The van der Waals surface area contributed by atoms with E-state index in [4.69, 9.17) is 0 Å². The molecule has 0 atom stereocenters. The van der Waals surface area contributed by atoms with Crippen molar-refractivity contribution in [3.63, 3.8) is 0 Å². The van der Waals surface area contributed by atoms with Crippen molar-refractivity contribution in [2.75, 3.05) is 11.6 Å². The first kappa shape index (κ1) is 15.8. The molecule has 122 valence electrons. The zero-order valence-electron chi connectivity index (χ0n) is 12.9. The summed E-state index contributed by atoms with van der Waals surface area (Å²) in [6.45, 7) is 4.47. The summed E-state index contributed by atoms with van der Waals surface area (Å²) < 4.78 is 22.5. The molecule has 0 aliphatic carbocycles. The molecule has 0 saturated heterocycles. The second kappa shape index (κ2) is 5.85. The highest BCUT2D eigenvalue weighted by Crippen LogP contribution is 2.32. The van der Waals surface area contributed by atoms with E-state index in [2.05, 4.69) is 37.4 Å². The normalized spacial score (nSPS) is 12.0. The van der Waals surface area contributed by atoms with Gasteiger partial charge in [0.1, 0.15) is 28.6 Å². The van der Waals surface area contributed by atoms with Crippen LogP contribution in [0.1, 0.15) is 22.1 Å². The summed E-state index contributed by atoms with van der Waals surface area (Å²) in [5.41, 5.74) is 1.16. The zero-order valence-corrected chi connectivity index (χ0v) is 14.5. The van der Waals surface area contributed by atoms with E-state index in [-0.39, 0.29) is 11.6 Å². The molecule has 10 heteroatoms. The fourth-order valence-electron chi connectivity index (χ4n) is 2.20. The number of hydrogen-bond acceptors (Lipinski definition) is 8. The van der Waals surface area contributed by atoms with Crippen molar-refractivity contribution < 1.29 is 8.42 Å². The summed E-state index contributed by atoms with van der Waals surface area (Å²) in [5.74, 6) is 1.38. The molecule has 0 spiro atoms. The molecule has 3 heterocycles. The molecule has 2 N–H and O–H groups in total. The maximum Gasteiger partial charge on any atom is 0.165 e. The number of H-pyrrole nitrogens is 1. The first-order valence-corrected chi connectivity index (χ1v) is 9.73. The molecule has 23 heavy (non-hydrogen) atoms. The van der Waals surface area contributed by atoms with Crippen molar-refractivity contribution in [1.29, 1.82) is 0 Å². The highest BCUT2D eigenvalue weighted by Gasteiger charge is 2.13. The Morgan fingerprint density at radius 2 is 2.09 bits per heavy atom. The average Bonchev–Trinajstić information content (AvgIpc) is 3.00. The fourth-order valence-corrected chi connectivity index (χ4v) is 3.79. The number of anilines is 1. The van der Waals surface area contributed by atoms with E-state index in [9.17, 15) is 8.42 Å². The van der Waals surface area contributed by atoms with Crippen LogP contribution in [-0.4, -0.2) is 39.8 Å². The van der Waals surface area contributed by atoms with E-state index in [0.29, 0.717) is 12.4 Å². The van der Waals surface area contributed by atoms with Crippen LogP contribution >= 0.6 is 11.3 Å². The summed E-state index contributed by atoms with van der Waals surface area (Å²) in [4.78, 5) is 14.9. The van der Waals surface area contributed by atoms with Crippen LogP contribution < -0.4 is 5.32 Å². The number of fused-ring (bicyclic) bond motifs is 1. The topological polar surface area (TPSA) is 114 Å². The van der Waals surface area contributed by atoms with Gasteiger partial charge in [0, 0.05) is 11.1 Å². The Bertz CT molecular complexity index is 960. The monoisotopic (exact) mass is 352 g/mol. The van der Waals surface area contributed by atoms with Crippen LogP contribution in [-0.2, 0) is 22.1 Å². The van der Waals surface area contributed by atoms with Crippen molar-refractivity contribution in [2.45, 2.75) is 26.1 Å². The van der Waals surface area contributed by atoms with Gasteiger partial charge in [-0.2, -0.15) is 5.10 Å². The molecule has 0 aromatic carbocycles. The highest BCUT2D eigenvalue weighted by molar-refractivity contribution is 7.89. The standard InChI is InChI=1S/C13H16N6O2S2/c1-7-8(2)22-13-11(7)12(15-6-16-13)14-4-9-17-10(19-18-9)5-23(3,20)21/h6H,4-5H2,1-3H3,(H,14,15,16)(H,17,18,19). The molecule has 0 unspecified atom stereocenters. The van der Waals surface area contributed by atoms with Crippen LogP contribution in [0.2, 0.25) is 0 Å². The number of nitrogens with zero attached hydrogens (tertiary/aromatic N) is 4. The van der Waals surface area contributed by atoms with Crippen molar-refractivity contribution >= 4 is 37.2 Å². The number of hydrogen-bond donors (Lipinski definition) is 2. The molecule has 0 fully saturated rings. The average molecular weight is 352 g/mol. The molecule has 0 radical (unpaired) electrons. The maximum absolute atomic E-state index is 11.3. The Hall–Kier alpha value is -2.07. The van der Waals surface area contributed by atoms with Crippen molar-refractivity contribution in [3.05, 3.63) is 28.4 Å². The van der Waals surface area contributed by atoms with Crippen LogP contribution in [0.3, 0.4) is 0 Å². The lowest BCUT2D eigenvalue weighted by atomic mass is 10.2. The Morgan fingerprint density at radius 1 is 1.30 bits per heavy atom. The third-order valence-electron chi connectivity index (χ3n) is 3.36. The Labute approximate surface area is 137 Å². The second-order valence-electron chi connectivity index (χ2n) is 5.31. The molecule has 0 saturated carbocycles. The fraction of sp³-hybridized carbons (Fsp3) is 0.385. The highest BCUT2D eigenvalue weighted by atomic mass is 32.2. The van der Waals surface area contributed by atoms with Crippen molar-refractivity contribution in [1.82, 2.24) is 25.1 Å². The van der Waals surface area contributed by atoms with Gasteiger partial charge in [-0.15, -0.1) is 11.3 Å². The summed E-state index contributed by atoms with van der Waals surface area (Å²) in [5, 5.41) is 10.9. The minimum atomic E-state index is -3.15. The summed E-state index contributed by atoms with van der Waals surface area (Å²) in [7, 11) is -3.15. The number of nitrogens with one attached hydrogen (secondary N) is 2. The molecule has 0 amide bonds. The summed E-state index contributed by atoms with van der Waals surface area (Å²) in [6.07, 6.45) is 2.68. The second-order valence-corrected chi connectivity index (χ2v) is 8.65. The third kappa shape index (κ3) is 3.48. The minimum absolute atomic E-state index is 0.177. The van der Waals surface area contributed by atoms with Crippen molar-refractivity contribution in [3.8, 4) is 0 Å². The first-order chi connectivity index (χ1) is 10.8. The number of aromatic nitrogens is 5. The van der Waals surface area contributed by atoms with Gasteiger partial charge in [0.05, 0.1) is 11.9 Å². The lowest BCUT2D eigenvalue weighted by molar-refractivity contribution is 0.599. The molecule has 0 bridgehead atoms. The van der Waals surface area contributed by atoms with Gasteiger partial charge in [0.25, 0.3) is 0 Å². The zero-order chi connectivity index (χ0) is 16.6. The molecule has 3 aromatic rings. The Balaban J connectivity index is 1.79. The van der Waals surface area contributed by atoms with Crippen LogP contribution in [0.25, 0.3) is 10.2 Å². The van der Waals surface area contributed by atoms with Gasteiger partial charge in [-0.05, 0) is 19.4 Å². The summed E-state index contributed by atoms with van der Waals surface area (Å²) >= 11 is 1.63. The summed E-state index contributed by atoms with van der Waals surface area (Å²) in [6, 6.07) is 0. The van der Waals surface area contributed by atoms with Gasteiger partial charge in [0.15, 0.2) is 15.7 Å². The smallest absolute Gasteiger partial charge is 0.165 e. The number of thiophene rings is 1. The van der Waals surface area contributed by atoms with E-state index in [1.165, 1.54) is 11.2 Å². The van der Waals surface area contributed by atoms with Gasteiger partial charge in [0.2, 0.25) is 0 Å². The van der Waals surface area contributed by atoms with Crippen molar-refractivity contribution in [2.24, 2.45) is 0 Å². The number of aryl methyl sites for hydroxylation is 2. The molecule has 3 aromatic heterocycles. The van der Waals surface area contributed by atoms with E-state index in [1.807, 2.05) is 6.92 Å². The van der Waals surface area contributed by atoms with Gasteiger partial charge in [-0.3, -0.25) is 5.10 Å². The Morgan fingerprint density at radius 3 is 2.83 bits per heavy atom. The predicted octanol–water partition coefficient (Wildman–Crippen LogP) is 1.58. The van der Waals surface area contributed by atoms with Gasteiger partial charge in [-0.1, -0.05) is 0 Å². The van der Waals surface area contributed by atoms with Crippen LogP contribution in [0.4, 0.5) is 5.82 Å². The largest absolute Gasteiger partial charge is 0.362 e. The maximum atomic E-state index is 11.3. The number of sulfone groups is 1. The van der Waals surface area contributed by atoms with Crippen LogP contribution in [0, 0.1) is 13.8 Å². The molecular weight excluding hydrogens is 336 g/mol. The molecule has 3 rings (SSSR count). The quantitative estimate of drug-likeness (QED) is 0.716. The predicted molar refractivity (Wildman–Crippen MR) is 89.1 cm³/mol. The molecule has 8 nitrogen and oxygen atoms in total. The van der Waals surface area contributed by atoms with Crippen LogP contribution in [0.5, 0.6) is 0 Å². The number of rotatable bonds is 5. The van der Waals surface area contributed by atoms with E-state index < -0.39 is 9.84 Å². The van der Waals surface area contributed by atoms with Gasteiger partial charge < -0.3 is 5.32 Å². The first-order valence-electron chi connectivity index (χ1n) is 6.86. The van der Waals surface area contributed by atoms with E-state index in [1.54, 1.807) is 11.3 Å². The van der Waals surface area contributed by atoms with Gasteiger partial charge in [-0.25, -0.2) is 23.4 Å². The molecule has 0 aliphatic heterocycles. The lowest BCUT2D eigenvalue weighted by Gasteiger charge is -2.05. The molecular formula is C13H16N6O2S2. The van der Waals surface area contributed by atoms with E-state index in [0.717, 1.165) is 27.9 Å². The minimum Gasteiger partial charge on any atom is -0.362 e. The SMILES string of the molecule is Cc1sc2ncnc(NCc3nc(CS(C)(=O)=O)n[nH]3)c2c1C. The van der Waals surface area contributed by atoms with Crippen LogP contribution in [0.15, 0.2) is 6.33 Å². The third-order valence-corrected chi connectivity index (χ3v) is 5.26. The number of aromatic amines is 1. The lowest BCUT2D eigenvalue weighted by Crippen LogP contribution is -2.05. The van der Waals surface area contributed by atoms with E-state index >= 15 is 0 Å². The molecule has 0 aliphatic rings.